The molecular formula is C13H22ClN3O. The van der Waals surface area contributed by atoms with Crippen LogP contribution in [0.1, 0.15) is 51.2 Å². The molecule has 1 aromatic rings. The third-order valence-electron chi connectivity index (χ3n) is 3.47. The molecule has 2 heterocycles. The average Bonchev–Trinajstić information content (AvgIpc) is 2.93. The molecule has 102 valence electrons. The molecule has 0 aliphatic carbocycles. The first kappa shape index (κ1) is 13.8. The van der Waals surface area contributed by atoms with Gasteiger partial charge in [0, 0.05) is 19.1 Å². The highest BCUT2D eigenvalue weighted by molar-refractivity contribution is 6.16. The summed E-state index contributed by atoms with van der Waals surface area (Å²) in [6, 6.07) is 0. The van der Waals surface area contributed by atoms with E-state index in [1.165, 1.54) is 0 Å². The molecule has 0 saturated carbocycles. The Bertz CT molecular complexity index is 392. The number of ether oxygens (including phenoxy) is 1. The molecule has 4 nitrogen and oxygen atoms in total. The summed E-state index contributed by atoms with van der Waals surface area (Å²) in [6.45, 7) is 8.31. The number of hydrogen-bond acceptors (Lipinski definition) is 3. The van der Waals surface area contributed by atoms with Gasteiger partial charge < -0.3 is 9.30 Å². The second-order valence-electron chi connectivity index (χ2n) is 5.33. The number of halogens is 1. The standard InChI is InChI=1S/C13H22ClN3O/c1-4-11-10(5-6-18-11)13-16-15-12(7-14)17(13)8-9(2)3/h9-11H,4-8H2,1-3H3. The van der Waals surface area contributed by atoms with Gasteiger partial charge in [-0.3, -0.25) is 0 Å². The van der Waals surface area contributed by atoms with Crippen molar-refractivity contribution in [1.29, 1.82) is 0 Å². The summed E-state index contributed by atoms with van der Waals surface area (Å²) >= 11 is 5.95. The largest absolute Gasteiger partial charge is 0.377 e. The first-order chi connectivity index (χ1) is 8.67. The van der Waals surface area contributed by atoms with Gasteiger partial charge >= 0.3 is 0 Å². The van der Waals surface area contributed by atoms with Gasteiger partial charge in [0.05, 0.1) is 12.0 Å². The van der Waals surface area contributed by atoms with Crippen LogP contribution in [0.3, 0.4) is 0 Å². The molecule has 18 heavy (non-hydrogen) atoms. The molecule has 0 aromatic carbocycles. The molecule has 1 aliphatic rings. The molecule has 5 heteroatoms. The zero-order valence-electron chi connectivity index (χ0n) is 11.4. The summed E-state index contributed by atoms with van der Waals surface area (Å²) in [5, 5.41) is 8.60. The van der Waals surface area contributed by atoms with Crippen LogP contribution in [0.25, 0.3) is 0 Å². The zero-order chi connectivity index (χ0) is 13.1. The van der Waals surface area contributed by atoms with E-state index in [4.69, 9.17) is 16.3 Å². The molecule has 2 atom stereocenters. The van der Waals surface area contributed by atoms with Crippen molar-refractivity contribution in [2.24, 2.45) is 5.92 Å². The topological polar surface area (TPSA) is 39.9 Å². The van der Waals surface area contributed by atoms with E-state index in [0.29, 0.717) is 17.7 Å². The minimum Gasteiger partial charge on any atom is -0.377 e. The van der Waals surface area contributed by atoms with Gasteiger partial charge in [-0.25, -0.2) is 0 Å². The second-order valence-corrected chi connectivity index (χ2v) is 5.59. The first-order valence-corrected chi connectivity index (χ1v) is 7.30. The molecule has 0 amide bonds. The van der Waals surface area contributed by atoms with Gasteiger partial charge in [-0.05, 0) is 18.8 Å². The Hall–Kier alpha value is -0.610. The minimum absolute atomic E-state index is 0.281. The van der Waals surface area contributed by atoms with Gasteiger partial charge in [-0.1, -0.05) is 20.8 Å². The Morgan fingerprint density at radius 2 is 2.22 bits per heavy atom. The lowest BCUT2D eigenvalue weighted by Gasteiger charge is -2.19. The number of rotatable bonds is 5. The SMILES string of the molecule is CCC1OCCC1c1nnc(CCl)n1CC(C)C. The van der Waals surface area contributed by atoms with Crippen LogP contribution in [0.15, 0.2) is 0 Å². The lowest BCUT2D eigenvalue weighted by Crippen LogP contribution is -2.20. The van der Waals surface area contributed by atoms with Crippen LogP contribution < -0.4 is 0 Å². The van der Waals surface area contributed by atoms with Gasteiger partial charge in [0.25, 0.3) is 0 Å². The summed E-state index contributed by atoms with van der Waals surface area (Å²) < 4.78 is 7.95. The van der Waals surface area contributed by atoms with Gasteiger partial charge in [0.2, 0.25) is 0 Å². The fourth-order valence-electron chi connectivity index (χ4n) is 2.63. The first-order valence-electron chi connectivity index (χ1n) is 6.76. The lowest BCUT2D eigenvalue weighted by atomic mass is 9.98. The van der Waals surface area contributed by atoms with Crippen molar-refractivity contribution >= 4 is 11.6 Å². The average molecular weight is 272 g/mol. The maximum Gasteiger partial charge on any atom is 0.147 e. The Kier molecular flexibility index (Phi) is 4.62. The Morgan fingerprint density at radius 3 is 2.83 bits per heavy atom. The van der Waals surface area contributed by atoms with Crippen molar-refractivity contribution in [2.75, 3.05) is 6.61 Å². The van der Waals surface area contributed by atoms with E-state index in [2.05, 4.69) is 35.5 Å². The van der Waals surface area contributed by atoms with Gasteiger partial charge in [-0.15, -0.1) is 21.8 Å². The van der Waals surface area contributed by atoms with Crippen molar-refractivity contribution in [2.45, 2.75) is 58.1 Å². The van der Waals surface area contributed by atoms with E-state index in [1.54, 1.807) is 0 Å². The predicted molar refractivity (Wildman–Crippen MR) is 71.8 cm³/mol. The normalized spacial score (nSPS) is 24.1. The quantitative estimate of drug-likeness (QED) is 0.773. The van der Waals surface area contributed by atoms with Crippen molar-refractivity contribution < 1.29 is 4.74 Å². The predicted octanol–water partition coefficient (Wildman–Crippen LogP) is 2.96. The number of alkyl halides is 1. The van der Waals surface area contributed by atoms with E-state index < -0.39 is 0 Å². The molecule has 1 aromatic heterocycles. The van der Waals surface area contributed by atoms with E-state index in [9.17, 15) is 0 Å². The van der Waals surface area contributed by atoms with Crippen LogP contribution in [0.2, 0.25) is 0 Å². The number of nitrogens with zero attached hydrogens (tertiary/aromatic N) is 3. The minimum atomic E-state index is 0.281. The van der Waals surface area contributed by atoms with Gasteiger partial charge in [-0.2, -0.15) is 0 Å². The fraction of sp³-hybridized carbons (Fsp3) is 0.846. The van der Waals surface area contributed by atoms with Gasteiger partial charge in [0.1, 0.15) is 11.6 Å². The fourth-order valence-corrected chi connectivity index (χ4v) is 2.83. The van der Waals surface area contributed by atoms with E-state index >= 15 is 0 Å². The van der Waals surface area contributed by atoms with Crippen molar-refractivity contribution in [1.82, 2.24) is 14.8 Å². The molecular weight excluding hydrogens is 250 g/mol. The molecule has 1 aliphatic heterocycles. The highest BCUT2D eigenvalue weighted by Crippen LogP contribution is 2.32. The highest BCUT2D eigenvalue weighted by atomic mass is 35.5. The van der Waals surface area contributed by atoms with Crippen LogP contribution in [0.5, 0.6) is 0 Å². The molecule has 1 fully saturated rings. The molecule has 0 radical (unpaired) electrons. The summed E-state index contributed by atoms with van der Waals surface area (Å²) in [7, 11) is 0. The van der Waals surface area contributed by atoms with Crippen LogP contribution in [0, 0.1) is 5.92 Å². The third kappa shape index (κ3) is 2.69. The maximum atomic E-state index is 5.95. The van der Waals surface area contributed by atoms with E-state index in [1.807, 2.05) is 0 Å². The zero-order valence-corrected chi connectivity index (χ0v) is 12.2. The van der Waals surface area contributed by atoms with E-state index in [0.717, 1.165) is 37.6 Å². The van der Waals surface area contributed by atoms with Crippen LogP contribution >= 0.6 is 11.6 Å². The summed E-state index contributed by atoms with van der Waals surface area (Å²) in [4.78, 5) is 0. The molecule has 0 N–H and O–H groups in total. The lowest BCUT2D eigenvalue weighted by molar-refractivity contribution is 0.0987. The highest BCUT2D eigenvalue weighted by Gasteiger charge is 2.32. The van der Waals surface area contributed by atoms with E-state index in [-0.39, 0.29) is 6.10 Å². The molecule has 2 unspecified atom stereocenters. The maximum absolute atomic E-state index is 5.95. The third-order valence-corrected chi connectivity index (χ3v) is 3.71. The molecule has 0 spiro atoms. The smallest absolute Gasteiger partial charge is 0.147 e. The van der Waals surface area contributed by atoms with Crippen LogP contribution in [-0.4, -0.2) is 27.5 Å². The Morgan fingerprint density at radius 1 is 1.44 bits per heavy atom. The number of hydrogen-bond donors (Lipinski definition) is 0. The summed E-state index contributed by atoms with van der Waals surface area (Å²) in [5.41, 5.74) is 0. The molecule has 1 saturated heterocycles. The summed E-state index contributed by atoms with van der Waals surface area (Å²) in [6.07, 6.45) is 2.34. The van der Waals surface area contributed by atoms with Crippen molar-refractivity contribution in [3.8, 4) is 0 Å². The van der Waals surface area contributed by atoms with Crippen LogP contribution in [-0.2, 0) is 17.2 Å². The summed E-state index contributed by atoms with van der Waals surface area (Å²) in [5.74, 6) is 3.29. The van der Waals surface area contributed by atoms with Crippen molar-refractivity contribution in [3.63, 3.8) is 0 Å². The second kappa shape index (κ2) is 6.02. The number of aromatic nitrogens is 3. The Labute approximate surface area is 114 Å². The molecule has 2 rings (SSSR count). The molecule has 0 bridgehead atoms. The monoisotopic (exact) mass is 271 g/mol. The van der Waals surface area contributed by atoms with Crippen molar-refractivity contribution in [3.05, 3.63) is 11.6 Å². The Balaban J connectivity index is 2.28. The van der Waals surface area contributed by atoms with Crippen LogP contribution in [0.4, 0.5) is 0 Å². The van der Waals surface area contributed by atoms with Gasteiger partial charge in [0.15, 0.2) is 0 Å².